The van der Waals surface area contributed by atoms with Crippen molar-refractivity contribution in [3.8, 4) is 0 Å². The minimum Gasteiger partial charge on any atom is -0.385 e. The van der Waals surface area contributed by atoms with Crippen LogP contribution >= 0.6 is 0 Å². The number of ether oxygens (including phenoxy) is 1. The van der Waals surface area contributed by atoms with Crippen LogP contribution in [0, 0.1) is 11.7 Å². The van der Waals surface area contributed by atoms with Crippen LogP contribution in [0.3, 0.4) is 0 Å². The van der Waals surface area contributed by atoms with E-state index in [9.17, 15) is 9.18 Å². The summed E-state index contributed by atoms with van der Waals surface area (Å²) in [6.45, 7) is 1.29. The van der Waals surface area contributed by atoms with Gasteiger partial charge in [0.1, 0.15) is 5.82 Å². The predicted octanol–water partition coefficient (Wildman–Crippen LogP) is 2.56. The number of carbonyl (C=O) groups is 1. The Morgan fingerprint density at radius 1 is 1.50 bits per heavy atom. The Morgan fingerprint density at radius 3 is 3.18 bits per heavy atom. The number of aromatic nitrogens is 1. The van der Waals surface area contributed by atoms with Crippen LogP contribution in [0.5, 0.6) is 0 Å². The predicted molar refractivity (Wildman–Crippen MR) is 83.3 cm³/mol. The van der Waals surface area contributed by atoms with E-state index in [1.54, 1.807) is 19.2 Å². The van der Waals surface area contributed by atoms with E-state index in [4.69, 9.17) is 4.74 Å². The van der Waals surface area contributed by atoms with Crippen LogP contribution in [0.2, 0.25) is 0 Å². The van der Waals surface area contributed by atoms with Gasteiger partial charge in [0.2, 0.25) is 5.91 Å². The quantitative estimate of drug-likeness (QED) is 0.834. The average Bonchev–Trinajstić information content (AvgIpc) is 2.88. The highest BCUT2D eigenvalue weighted by atomic mass is 19.1. The van der Waals surface area contributed by atoms with Gasteiger partial charge in [-0.1, -0.05) is 0 Å². The SMILES string of the molecule is COCCCNC(=O)C1CCc2[nH]c3ccc(F)cc3c2C1. The number of rotatable bonds is 5. The van der Waals surface area contributed by atoms with Crippen molar-refractivity contribution in [2.75, 3.05) is 20.3 Å². The van der Waals surface area contributed by atoms with Gasteiger partial charge in [0, 0.05) is 42.8 Å². The second kappa shape index (κ2) is 6.48. The van der Waals surface area contributed by atoms with Crippen LogP contribution < -0.4 is 5.32 Å². The summed E-state index contributed by atoms with van der Waals surface area (Å²) in [4.78, 5) is 15.6. The fourth-order valence-corrected chi connectivity index (χ4v) is 3.19. The van der Waals surface area contributed by atoms with Gasteiger partial charge < -0.3 is 15.0 Å². The topological polar surface area (TPSA) is 54.1 Å². The lowest BCUT2D eigenvalue weighted by Gasteiger charge is -2.21. The van der Waals surface area contributed by atoms with Gasteiger partial charge >= 0.3 is 0 Å². The monoisotopic (exact) mass is 304 g/mol. The third-order valence-corrected chi connectivity index (χ3v) is 4.35. The van der Waals surface area contributed by atoms with E-state index in [-0.39, 0.29) is 17.6 Å². The zero-order valence-electron chi connectivity index (χ0n) is 12.7. The van der Waals surface area contributed by atoms with Gasteiger partial charge in [-0.3, -0.25) is 4.79 Å². The number of aryl methyl sites for hydroxylation is 1. The normalized spacial score (nSPS) is 17.5. The maximum Gasteiger partial charge on any atom is 0.223 e. The first kappa shape index (κ1) is 15.0. The molecular formula is C17H21FN2O2. The molecule has 1 aliphatic rings. The molecule has 3 rings (SSSR count). The second-order valence-electron chi connectivity index (χ2n) is 5.85. The molecule has 0 spiro atoms. The lowest BCUT2D eigenvalue weighted by atomic mass is 9.86. The molecule has 1 atom stereocenters. The van der Waals surface area contributed by atoms with Crippen molar-refractivity contribution >= 4 is 16.8 Å². The Labute approximate surface area is 129 Å². The Bertz CT molecular complexity index is 681. The van der Waals surface area contributed by atoms with E-state index in [1.807, 2.05) is 0 Å². The van der Waals surface area contributed by atoms with Gasteiger partial charge in [0.25, 0.3) is 0 Å². The number of benzene rings is 1. The Hall–Kier alpha value is -1.88. The molecule has 0 bridgehead atoms. The van der Waals surface area contributed by atoms with Crippen LogP contribution in [-0.2, 0) is 22.4 Å². The maximum absolute atomic E-state index is 13.5. The summed E-state index contributed by atoms with van der Waals surface area (Å²) in [5.74, 6) is -0.176. The van der Waals surface area contributed by atoms with Crippen molar-refractivity contribution in [3.63, 3.8) is 0 Å². The molecular weight excluding hydrogens is 283 g/mol. The zero-order valence-corrected chi connectivity index (χ0v) is 12.7. The fraction of sp³-hybridized carbons (Fsp3) is 0.471. The molecule has 2 N–H and O–H groups in total. The van der Waals surface area contributed by atoms with E-state index in [0.717, 1.165) is 41.4 Å². The third kappa shape index (κ3) is 2.99. The van der Waals surface area contributed by atoms with Crippen LogP contribution in [0.25, 0.3) is 10.9 Å². The number of aromatic amines is 1. The lowest BCUT2D eigenvalue weighted by Crippen LogP contribution is -2.34. The number of hydrogen-bond donors (Lipinski definition) is 2. The Kier molecular flexibility index (Phi) is 4.43. The summed E-state index contributed by atoms with van der Waals surface area (Å²) in [5.41, 5.74) is 3.19. The number of fused-ring (bicyclic) bond motifs is 3. The molecule has 0 aliphatic heterocycles. The molecule has 0 radical (unpaired) electrons. The summed E-state index contributed by atoms with van der Waals surface area (Å²) in [6, 6.07) is 4.79. The maximum atomic E-state index is 13.5. The highest BCUT2D eigenvalue weighted by molar-refractivity contribution is 5.87. The molecule has 1 unspecified atom stereocenters. The number of H-pyrrole nitrogens is 1. The molecule has 1 aliphatic carbocycles. The van der Waals surface area contributed by atoms with E-state index in [0.29, 0.717) is 19.6 Å². The molecule has 1 heterocycles. The highest BCUT2D eigenvalue weighted by Crippen LogP contribution is 2.32. The number of hydrogen-bond acceptors (Lipinski definition) is 2. The van der Waals surface area contributed by atoms with Crippen molar-refractivity contribution < 1.29 is 13.9 Å². The summed E-state index contributed by atoms with van der Waals surface area (Å²) >= 11 is 0. The number of halogens is 1. The molecule has 5 heteroatoms. The van der Waals surface area contributed by atoms with Gasteiger partial charge in [-0.25, -0.2) is 4.39 Å². The summed E-state index contributed by atoms with van der Waals surface area (Å²) in [7, 11) is 1.65. The summed E-state index contributed by atoms with van der Waals surface area (Å²) in [6.07, 6.45) is 3.16. The molecule has 0 fully saturated rings. The summed E-state index contributed by atoms with van der Waals surface area (Å²) < 4.78 is 18.4. The molecule has 4 nitrogen and oxygen atoms in total. The molecule has 1 aromatic heterocycles. The van der Waals surface area contributed by atoms with Gasteiger partial charge in [0.15, 0.2) is 0 Å². The smallest absolute Gasteiger partial charge is 0.223 e. The molecule has 0 saturated heterocycles. The number of amides is 1. The standard InChI is InChI=1S/C17H21FN2O2/c1-22-8-2-7-19-17(21)11-3-5-15-13(9-11)14-10-12(18)4-6-16(14)20-15/h4,6,10-11,20H,2-3,5,7-9H2,1H3,(H,19,21). The molecule has 1 amide bonds. The average molecular weight is 304 g/mol. The lowest BCUT2D eigenvalue weighted by molar-refractivity contribution is -0.125. The molecule has 1 aromatic carbocycles. The molecule has 22 heavy (non-hydrogen) atoms. The fourth-order valence-electron chi connectivity index (χ4n) is 3.19. The van der Waals surface area contributed by atoms with Crippen molar-refractivity contribution in [2.24, 2.45) is 5.92 Å². The van der Waals surface area contributed by atoms with Crippen molar-refractivity contribution in [2.45, 2.75) is 25.7 Å². The van der Waals surface area contributed by atoms with Gasteiger partial charge in [-0.05, 0) is 49.4 Å². The Morgan fingerprint density at radius 2 is 2.36 bits per heavy atom. The van der Waals surface area contributed by atoms with E-state index in [1.165, 1.54) is 6.07 Å². The van der Waals surface area contributed by atoms with E-state index < -0.39 is 0 Å². The zero-order chi connectivity index (χ0) is 15.5. The largest absolute Gasteiger partial charge is 0.385 e. The van der Waals surface area contributed by atoms with E-state index >= 15 is 0 Å². The van der Waals surface area contributed by atoms with Crippen molar-refractivity contribution in [1.82, 2.24) is 10.3 Å². The molecule has 0 saturated carbocycles. The van der Waals surface area contributed by atoms with Crippen LogP contribution in [0.1, 0.15) is 24.1 Å². The number of carbonyl (C=O) groups excluding carboxylic acids is 1. The van der Waals surface area contributed by atoms with E-state index in [2.05, 4.69) is 10.3 Å². The summed E-state index contributed by atoms with van der Waals surface area (Å²) in [5, 5.41) is 3.88. The first-order valence-corrected chi connectivity index (χ1v) is 7.74. The van der Waals surface area contributed by atoms with Gasteiger partial charge in [-0.15, -0.1) is 0 Å². The van der Waals surface area contributed by atoms with Crippen molar-refractivity contribution in [3.05, 3.63) is 35.3 Å². The minimum absolute atomic E-state index is 0.0303. The van der Waals surface area contributed by atoms with Crippen molar-refractivity contribution in [1.29, 1.82) is 0 Å². The number of nitrogens with one attached hydrogen (secondary N) is 2. The molecule has 118 valence electrons. The van der Waals surface area contributed by atoms with Gasteiger partial charge in [-0.2, -0.15) is 0 Å². The van der Waals surface area contributed by atoms with Crippen LogP contribution in [-0.4, -0.2) is 31.2 Å². The first-order valence-electron chi connectivity index (χ1n) is 7.74. The third-order valence-electron chi connectivity index (χ3n) is 4.35. The minimum atomic E-state index is -0.236. The Balaban J connectivity index is 1.71. The first-order chi connectivity index (χ1) is 10.7. The highest BCUT2D eigenvalue weighted by Gasteiger charge is 2.27. The number of methoxy groups -OCH3 is 1. The second-order valence-corrected chi connectivity index (χ2v) is 5.85. The van der Waals surface area contributed by atoms with Crippen LogP contribution in [0.15, 0.2) is 18.2 Å². The van der Waals surface area contributed by atoms with Crippen LogP contribution in [0.4, 0.5) is 4.39 Å². The molecule has 2 aromatic rings. The van der Waals surface area contributed by atoms with Gasteiger partial charge in [0.05, 0.1) is 0 Å².